The van der Waals surface area contributed by atoms with Gasteiger partial charge in [0.1, 0.15) is 22.9 Å². The van der Waals surface area contributed by atoms with Crippen LogP contribution >= 0.6 is 0 Å². The zero-order valence-electron chi connectivity index (χ0n) is 24.0. The zero-order chi connectivity index (χ0) is 31.2. The molecule has 0 aromatic heterocycles. The van der Waals surface area contributed by atoms with Gasteiger partial charge in [-0.05, 0) is 52.2 Å². The van der Waals surface area contributed by atoms with Gasteiger partial charge in [-0.15, -0.1) is 0 Å². The largest absolute Gasteiger partial charge is 0.508 e. The van der Waals surface area contributed by atoms with Crippen LogP contribution in [-0.2, 0) is 32.1 Å². The molecule has 1 aromatic rings. The van der Waals surface area contributed by atoms with Crippen LogP contribution in [0, 0.1) is 23.6 Å². The molecule has 1 aliphatic heterocycles. The number of likely N-dealkylation sites (N-methyl/N-ethyl adjacent to an activating group) is 2. The first-order valence-electron chi connectivity index (χ1n) is 13.8. The van der Waals surface area contributed by atoms with Crippen molar-refractivity contribution in [2.75, 3.05) is 26.5 Å². The Hall–Kier alpha value is -3.81. The topological polar surface area (TPSA) is 194 Å². The Morgan fingerprint density at radius 2 is 1.83 bits per heavy atom. The Morgan fingerprint density at radius 3 is 2.40 bits per heavy atom. The Labute approximate surface area is 241 Å². The number of aromatic hydroxyl groups is 1. The van der Waals surface area contributed by atoms with E-state index in [-0.39, 0.29) is 42.1 Å². The van der Waals surface area contributed by atoms with Crippen molar-refractivity contribution in [3.05, 3.63) is 39.4 Å². The van der Waals surface area contributed by atoms with Crippen LogP contribution in [-0.4, -0.2) is 92.4 Å². The molecule has 5 rings (SSSR count). The number of carbonyl (C=O) groups excluding carboxylic acids is 4. The number of ketones is 2. The molecule has 3 aliphatic carbocycles. The van der Waals surface area contributed by atoms with Gasteiger partial charge in [-0.2, -0.15) is 0 Å². The van der Waals surface area contributed by atoms with Crippen molar-refractivity contribution in [1.29, 1.82) is 0 Å². The van der Waals surface area contributed by atoms with E-state index in [1.54, 1.807) is 11.9 Å². The third-order valence-corrected chi connectivity index (χ3v) is 9.11. The van der Waals surface area contributed by atoms with Crippen LogP contribution in [0.2, 0.25) is 0 Å². The van der Waals surface area contributed by atoms with E-state index in [1.165, 1.54) is 19.0 Å². The minimum atomic E-state index is -2.80. The maximum Gasteiger partial charge on any atom is 0.255 e. The van der Waals surface area contributed by atoms with Crippen molar-refractivity contribution in [2.45, 2.75) is 57.3 Å². The van der Waals surface area contributed by atoms with Crippen LogP contribution in [0.3, 0.4) is 0 Å². The lowest BCUT2D eigenvalue weighted by atomic mass is 9.57. The molecule has 5 atom stereocenters. The summed E-state index contributed by atoms with van der Waals surface area (Å²) < 4.78 is 16.3. The predicted molar refractivity (Wildman–Crippen MR) is 148 cm³/mol. The number of nitrogens with zero attached hydrogens (tertiary/aromatic N) is 2. The molecule has 1 heterocycles. The van der Waals surface area contributed by atoms with E-state index in [4.69, 9.17) is 5.73 Å². The number of carbonyl (C=O) groups is 4. The number of hydrogen-bond acceptors (Lipinski definition) is 10. The minimum Gasteiger partial charge on any atom is -0.508 e. The molecule has 1 saturated carbocycles. The van der Waals surface area contributed by atoms with E-state index in [9.17, 15) is 39.6 Å². The Morgan fingerprint density at radius 1 is 1.19 bits per heavy atom. The van der Waals surface area contributed by atoms with E-state index >= 15 is 4.39 Å². The van der Waals surface area contributed by atoms with E-state index in [2.05, 4.69) is 5.32 Å². The number of fused-ring (bicyclic) bond motifs is 4. The van der Waals surface area contributed by atoms with Crippen LogP contribution in [0.5, 0.6) is 5.75 Å². The number of phenols is 1. The van der Waals surface area contributed by atoms with Crippen molar-refractivity contribution in [1.82, 2.24) is 9.80 Å². The lowest BCUT2D eigenvalue weighted by molar-refractivity contribution is -0.153. The summed E-state index contributed by atoms with van der Waals surface area (Å²) in [6.07, 6.45) is 0.130. The molecular weight excluding hydrogens is 551 g/mol. The monoisotopic (exact) mass is 586 g/mol. The highest BCUT2D eigenvalue weighted by Crippen LogP contribution is 2.54. The van der Waals surface area contributed by atoms with E-state index < -0.39 is 92.7 Å². The fourth-order valence-electron chi connectivity index (χ4n) is 7.17. The highest BCUT2D eigenvalue weighted by atomic mass is 19.1. The number of amides is 2. The molecule has 1 unspecified atom stereocenters. The van der Waals surface area contributed by atoms with Crippen LogP contribution in [0.4, 0.5) is 10.1 Å². The molecule has 0 radical (unpaired) electrons. The standard InChI is InChI=1S/C29H35FN4O8/c1-10(2)6-15-28(41)32-20-13(9-34(15)5)19(30)12-7-11-8-14-21(33(3)4)24(37)18(27(31)40)26(39)29(14,42)25(38)16(11)22(35)17(12)23(20)36/h10-11,14-15,21,35-36,39,42H,6-9H2,1-5H3,(H2,31,40)(H,32,41)/t11-,14-,15?,21-,29-/m0/s1. The van der Waals surface area contributed by atoms with E-state index in [0.29, 0.717) is 6.42 Å². The van der Waals surface area contributed by atoms with Gasteiger partial charge in [0.15, 0.2) is 17.1 Å². The van der Waals surface area contributed by atoms with Crippen molar-refractivity contribution in [3.8, 4) is 5.75 Å². The molecule has 1 fully saturated rings. The van der Waals surface area contributed by atoms with Gasteiger partial charge in [-0.1, -0.05) is 13.8 Å². The number of Topliss-reactive ketones (excluding diaryl/α,β-unsaturated/α-hetero) is 2. The highest BCUT2D eigenvalue weighted by molar-refractivity contribution is 6.24. The molecule has 7 N–H and O–H groups in total. The number of primary amides is 1. The summed E-state index contributed by atoms with van der Waals surface area (Å²) in [5.74, 6) is -9.34. The summed E-state index contributed by atoms with van der Waals surface area (Å²) in [6, 6.07) is -1.86. The van der Waals surface area contributed by atoms with Gasteiger partial charge in [0.25, 0.3) is 5.91 Å². The zero-order valence-corrected chi connectivity index (χ0v) is 24.0. The molecule has 12 nitrogen and oxygen atoms in total. The molecule has 0 saturated heterocycles. The van der Waals surface area contributed by atoms with Crippen LogP contribution in [0.1, 0.15) is 43.4 Å². The number of halogens is 1. The van der Waals surface area contributed by atoms with Gasteiger partial charge in [-0.25, -0.2) is 4.39 Å². The van der Waals surface area contributed by atoms with Crippen LogP contribution in [0.15, 0.2) is 16.9 Å². The summed E-state index contributed by atoms with van der Waals surface area (Å²) in [5.41, 5.74) is 0.527. The van der Waals surface area contributed by atoms with Crippen molar-refractivity contribution < 1.29 is 44.0 Å². The lowest BCUT2D eigenvalue weighted by Gasteiger charge is -2.50. The van der Waals surface area contributed by atoms with Gasteiger partial charge in [0.2, 0.25) is 11.7 Å². The van der Waals surface area contributed by atoms with E-state index in [1.807, 2.05) is 13.8 Å². The second-order valence-electron chi connectivity index (χ2n) is 12.4. The number of hydrogen-bond donors (Lipinski definition) is 6. The SMILES string of the molecule is CC(C)CC1C(=O)Nc2c(O)c3c(c(F)c2CN1C)C[C@H]1C[C@H]2[C@H](N(C)C)C(=O)C(C(N)=O)=C(O)[C@@]2(O)C(=O)C1=C3O. The number of aliphatic hydroxyl groups excluding tert-OH is 2. The average molecular weight is 587 g/mol. The van der Waals surface area contributed by atoms with Crippen molar-refractivity contribution >= 4 is 34.8 Å². The summed E-state index contributed by atoms with van der Waals surface area (Å²) in [6.45, 7) is 3.86. The molecule has 226 valence electrons. The summed E-state index contributed by atoms with van der Waals surface area (Å²) in [7, 11) is 4.67. The van der Waals surface area contributed by atoms with Crippen molar-refractivity contribution in [2.24, 2.45) is 23.5 Å². The maximum atomic E-state index is 16.3. The van der Waals surface area contributed by atoms with Gasteiger partial charge >= 0.3 is 0 Å². The normalized spacial score (nSPS) is 29.7. The lowest BCUT2D eigenvalue weighted by Crippen LogP contribution is -2.65. The van der Waals surface area contributed by atoms with Crippen LogP contribution in [0.25, 0.3) is 5.76 Å². The van der Waals surface area contributed by atoms with Gasteiger partial charge < -0.3 is 31.5 Å². The third-order valence-electron chi connectivity index (χ3n) is 9.11. The number of aliphatic hydroxyl groups is 3. The number of phenolic OH excluding ortho intramolecular Hbond substituents is 1. The minimum absolute atomic E-state index is 0.0206. The fourth-order valence-corrected chi connectivity index (χ4v) is 7.17. The van der Waals surface area contributed by atoms with Crippen LogP contribution < -0.4 is 11.1 Å². The first-order chi connectivity index (χ1) is 19.5. The first kappa shape index (κ1) is 29.7. The number of benzene rings is 1. The number of anilines is 1. The first-order valence-corrected chi connectivity index (χ1v) is 13.8. The summed E-state index contributed by atoms with van der Waals surface area (Å²) >= 11 is 0. The quantitative estimate of drug-likeness (QED) is 0.218. The number of nitrogens with two attached hydrogens (primary N) is 1. The van der Waals surface area contributed by atoms with Gasteiger partial charge in [0, 0.05) is 29.2 Å². The van der Waals surface area contributed by atoms with Gasteiger partial charge in [-0.3, -0.25) is 29.0 Å². The maximum absolute atomic E-state index is 16.3. The Kier molecular flexibility index (Phi) is 6.99. The number of nitrogens with one attached hydrogen (secondary N) is 1. The molecule has 4 aliphatic rings. The second-order valence-corrected chi connectivity index (χ2v) is 12.4. The molecule has 2 amide bonds. The molecule has 42 heavy (non-hydrogen) atoms. The Bertz CT molecular complexity index is 1520. The molecule has 0 bridgehead atoms. The second kappa shape index (κ2) is 9.89. The fraction of sp³-hybridized carbons (Fsp3) is 0.517. The Balaban J connectivity index is 1.70. The van der Waals surface area contributed by atoms with E-state index in [0.717, 1.165) is 0 Å². The average Bonchev–Trinajstić information content (AvgIpc) is 3.00. The molecular formula is C29H35FN4O8. The number of rotatable bonds is 4. The molecule has 13 heteroatoms. The van der Waals surface area contributed by atoms with Crippen molar-refractivity contribution in [3.63, 3.8) is 0 Å². The summed E-state index contributed by atoms with van der Waals surface area (Å²) in [4.78, 5) is 55.5. The molecule has 1 aromatic carbocycles. The third kappa shape index (κ3) is 3.97. The smallest absolute Gasteiger partial charge is 0.255 e. The van der Waals surface area contributed by atoms with Gasteiger partial charge in [0.05, 0.1) is 23.3 Å². The summed E-state index contributed by atoms with van der Waals surface area (Å²) in [5, 5.41) is 48.0. The predicted octanol–water partition coefficient (Wildman–Crippen LogP) is 0.902. The highest BCUT2D eigenvalue weighted by Gasteiger charge is 2.64. The molecule has 0 spiro atoms.